The fraction of sp³-hybridized carbons (Fsp3) is 0.231. The molecule has 0 aliphatic heterocycles. The molecule has 21 heavy (non-hydrogen) atoms. The number of alkyl halides is 3. The van der Waals surface area contributed by atoms with Crippen molar-refractivity contribution < 1.29 is 18.0 Å². The minimum absolute atomic E-state index is 0.334. The van der Waals surface area contributed by atoms with Crippen LogP contribution in [0.2, 0.25) is 0 Å². The van der Waals surface area contributed by atoms with E-state index in [-0.39, 0.29) is 11.6 Å². The Morgan fingerprint density at radius 3 is 2.57 bits per heavy atom. The van der Waals surface area contributed by atoms with Crippen LogP contribution in [-0.4, -0.2) is 10.9 Å². The highest BCUT2D eigenvalue weighted by molar-refractivity contribution is 7.10. The topological polar surface area (TPSA) is 62.0 Å². The fourth-order valence-electron chi connectivity index (χ4n) is 1.70. The van der Waals surface area contributed by atoms with Gasteiger partial charge in [0.2, 0.25) is 0 Å². The molecule has 2 heterocycles. The van der Waals surface area contributed by atoms with E-state index >= 15 is 0 Å². The van der Waals surface area contributed by atoms with E-state index < -0.39 is 23.3 Å². The van der Waals surface area contributed by atoms with Gasteiger partial charge in [-0.05, 0) is 30.5 Å². The second-order valence-electron chi connectivity index (χ2n) is 4.32. The number of H-pyrrole nitrogens is 1. The Kier molecular flexibility index (Phi) is 4.17. The number of carbonyl (C=O) groups is 1. The average Bonchev–Trinajstić information content (AvgIpc) is 2.91. The third kappa shape index (κ3) is 3.52. The number of thiophene rings is 1. The van der Waals surface area contributed by atoms with E-state index in [1.165, 1.54) is 11.3 Å². The van der Waals surface area contributed by atoms with E-state index in [0.29, 0.717) is 6.07 Å². The summed E-state index contributed by atoms with van der Waals surface area (Å²) in [6, 6.07) is 4.84. The van der Waals surface area contributed by atoms with Crippen LogP contribution in [0.15, 0.2) is 34.4 Å². The summed E-state index contributed by atoms with van der Waals surface area (Å²) in [6.45, 7) is 1.72. The molecule has 2 aromatic rings. The molecule has 1 atom stereocenters. The van der Waals surface area contributed by atoms with Gasteiger partial charge in [-0.25, -0.2) is 0 Å². The molecule has 0 saturated heterocycles. The number of aromatic amines is 1. The van der Waals surface area contributed by atoms with Crippen molar-refractivity contribution in [3.05, 3.63) is 56.1 Å². The van der Waals surface area contributed by atoms with Crippen molar-refractivity contribution >= 4 is 17.2 Å². The summed E-state index contributed by atoms with van der Waals surface area (Å²) >= 11 is 1.43. The van der Waals surface area contributed by atoms with Gasteiger partial charge < -0.3 is 10.3 Å². The second kappa shape index (κ2) is 5.72. The largest absolute Gasteiger partial charge is 0.431 e. The number of amides is 1. The van der Waals surface area contributed by atoms with E-state index in [1.54, 1.807) is 11.9 Å². The van der Waals surface area contributed by atoms with Gasteiger partial charge in [0.15, 0.2) is 0 Å². The van der Waals surface area contributed by atoms with E-state index in [1.807, 2.05) is 17.5 Å². The predicted molar refractivity (Wildman–Crippen MR) is 72.3 cm³/mol. The van der Waals surface area contributed by atoms with Gasteiger partial charge in [-0.2, -0.15) is 13.2 Å². The minimum Gasteiger partial charge on any atom is -0.345 e. The minimum atomic E-state index is -4.65. The molecule has 0 aliphatic carbocycles. The molecule has 0 aromatic carbocycles. The lowest BCUT2D eigenvalue weighted by Gasteiger charge is -2.12. The summed E-state index contributed by atoms with van der Waals surface area (Å²) in [6.07, 6.45) is -4.65. The molecule has 0 saturated carbocycles. The van der Waals surface area contributed by atoms with Gasteiger partial charge in [0.1, 0.15) is 11.3 Å². The first kappa shape index (κ1) is 15.3. The maximum Gasteiger partial charge on any atom is 0.431 e. The maximum atomic E-state index is 12.4. The van der Waals surface area contributed by atoms with Crippen molar-refractivity contribution in [1.82, 2.24) is 10.3 Å². The van der Waals surface area contributed by atoms with Crippen molar-refractivity contribution in [2.45, 2.75) is 19.1 Å². The molecule has 0 spiro atoms. The number of hydrogen-bond acceptors (Lipinski definition) is 3. The quantitative estimate of drug-likeness (QED) is 0.914. The third-order valence-corrected chi connectivity index (χ3v) is 3.83. The molecule has 2 N–H and O–H groups in total. The summed E-state index contributed by atoms with van der Waals surface area (Å²) in [5.74, 6) is -0.717. The van der Waals surface area contributed by atoms with E-state index in [4.69, 9.17) is 0 Å². The highest BCUT2D eigenvalue weighted by atomic mass is 32.1. The van der Waals surface area contributed by atoms with E-state index in [0.717, 1.165) is 10.9 Å². The van der Waals surface area contributed by atoms with Crippen molar-refractivity contribution in [2.75, 3.05) is 0 Å². The van der Waals surface area contributed by atoms with Crippen LogP contribution in [0.5, 0.6) is 0 Å². The maximum absolute atomic E-state index is 12.4. The zero-order chi connectivity index (χ0) is 15.6. The summed E-state index contributed by atoms with van der Waals surface area (Å²) in [7, 11) is 0. The SMILES string of the molecule is C[C@H](NC(=O)c1ccc(C(F)(F)F)[nH]c1=O)c1cccs1. The molecule has 0 fully saturated rings. The Labute approximate surface area is 121 Å². The Morgan fingerprint density at radius 2 is 2.05 bits per heavy atom. The Balaban J connectivity index is 2.19. The van der Waals surface area contributed by atoms with Crippen molar-refractivity contribution in [1.29, 1.82) is 0 Å². The van der Waals surface area contributed by atoms with Crippen LogP contribution in [0, 0.1) is 0 Å². The zero-order valence-corrected chi connectivity index (χ0v) is 11.6. The van der Waals surface area contributed by atoms with E-state index in [2.05, 4.69) is 5.32 Å². The third-order valence-electron chi connectivity index (χ3n) is 2.78. The molecule has 0 unspecified atom stereocenters. The van der Waals surface area contributed by atoms with Gasteiger partial charge in [0, 0.05) is 4.88 Å². The lowest BCUT2D eigenvalue weighted by Crippen LogP contribution is -2.32. The van der Waals surface area contributed by atoms with Crippen LogP contribution >= 0.6 is 11.3 Å². The van der Waals surface area contributed by atoms with Crippen LogP contribution in [0.25, 0.3) is 0 Å². The van der Waals surface area contributed by atoms with Gasteiger partial charge in [-0.1, -0.05) is 6.07 Å². The number of halogens is 3. The Bertz CT molecular complexity index is 692. The predicted octanol–water partition coefficient (Wildman–Crippen LogP) is 2.95. The van der Waals surface area contributed by atoms with Crippen molar-refractivity contribution in [3.8, 4) is 0 Å². The van der Waals surface area contributed by atoms with Crippen molar-refractivity contribution in [3.63, 3.8) is 0 Å². The number of aromatic nitrogens is 1. The zero-order valence-electron chi connectivity index (χ0n) is 10.8. The smallest absolute Gasteiger partial charge is 0.345 e. The first-order valence-electron chi connectivity index (χ1n) is 5.94. The molecule has 1 amide bonds. The molecule has 0 radical (unpaired) electrons. The highest BCUT2D eigenvalue weighted by Gasteiger charge is 2.32. The molecular weight excluding hydrogens is 305 g/mol. The number of nitrogens with one attached hydrogen (secondary N) is 2. The Hall–Kier alpha value is -2.09. The first-order valence-corrected chi connectivity index (χ1v) is 6.82. The fourth-order valence-corrected chi connectivity index (χ4v) is 2.44. The van der Waals surface area contributed by atoms with Crippen LogP contribution in [0.1, 0.15) is 33.9 Å². The molecular formula is C13H11F3N2O2S. The van der Waals surface area contributed by atoms with Gasteiger partial charge in [0.05, 0.1) is 6.04 Å². The number of hydrogen-bond donors (Lipinski definition) is 2. The number of rotatable bonds is 3. The number of pyridine rings is 1. The normalized spacial score (nSPS) is 13.0. The molecule has 2 rings (SSSR count). The Morgan fingerprint density at radius 1 is 1.33 bits per heavy atom. The monoisotopic (exact) mass is 316 g/mol. The summed E-state index contributed by atoms with van der Waals surface area (Å²) in [5.41, 5.74) is -2.61. The van der Waals surface area contributed by atoms with Crippen LogP contribution in [-0.2, 0) is 6.18 Å². The summed E-state index contributed by atoms with van der Waals surface area (Å²) in [4.78, 5) is 26.1. The van der Waals surface area contributed by atoms with Gasteiger partial charge >= 0.3 is 6.18 Å². The first-order chi connectivity index (χ1) is 9.79. The van der Waals surface area contributed by atoms with E-state index in [9.17, 15) is 22.8 Å². The highest BCUT2D eigenvalue weighted by Crippen LogP contribution is 2.26. The summed E-state index contributed by atoms with van der Waals surface area (Å²) < 4.78 is 37.3. The van der Waals surface area contributed by atoms with Crippen LogP contribution < -0.4 is 10.9 Å². The summed E-state index contributed by atoms with van der Waals surface area (Å²) in [5, 5.41) is 4.40. The molecule has 0 bridgehead atoms. The van der Waals surface area contributed by atoms with Crippen LogP contribution in [0.3, 0.4) is 0 Å². The van der Waals surface area contributed by atoms with Gasteiger partial charge in [0.25, 0.3) is 11.5 Å². The van der Waals surface area contributed by atoms with Crippen LogP contribution in [0.4, 0.5) is 13.2 Å². The average molecular weight is 316 g/mol. The van der Waals surface area contributed by atoms with Gasteiger partial charge in [-0.15, -0.1) is 11.3 Å². The second-order valence-corrected chi connectivity index (χ2v) is 5.30. The molecule has 112 valence electrons. The number of carbonyl (C=O) groups excluding carboxylic acids is 1. The molecule has 0 aliphatic rings. The molecule has 2 aromatic heterocycles. The lowest BCUT2D eigenvalue weighted by molar-refractivity contribution is -0.141. The van der Waals surface area contributed by atoms with Gasteiger partial charge in [-0.3, -0.25) is 9.59 Å². The molecule has 8 heteroatoms. The lowest BCUT2D eigenvalue weighted by atomic mass is 10.2. The molecule has 4 nitrogen and oxygen atoms in total. The standard InChI is InChI=1S/C13H11F3N2O2S/c1-7(9-3-2-6-21-9)17-11(19)8-4-5-10(13(14,15)16)18-12(8)20/h2-7H,1H3,(H,17,19)(H,18,20)/t7-/m0/s1. The van der Waals surface area contributed by atoms with Crippen molar-refractivity contribution in [2.24, 2.45) is 0 Å².